The van der Waals surface area contributed by atoms with Crippen LogP contribution in [0.3, 0.4) is 0 Å². The molecule has 8 heavy (non-hydrogen) atoms. The van der Waals surface area contributed by atoms with Gasteiger partial charge in [-0.15, -0.1) is 0 Å². The van der Waals surface area contributed by atoms with Gasteiger partial charge < -0.3 is 5.32 Å². The van der Waals surface area contributed by atoms with Crippen LogP contribution in [-0.2, 0) is 0 Å². The van der Waals surface area contributed by atoms with Crippen LogP contribution in [0.5, 0.6) is 0 Å². The Labute approximate surface area is 54.1 Å². The average Bonchev–Trinajstić information content (AvgIpc) is 1.66. The lowest BCUT2D eigenvalue weighted by atomic mass is 10.7. The van der Waals surface area contributed by atoms with Crippen LogP contribution < -0.4 is 5.32 Å². The number of rotatable bonds is 4. The molecule has 0 rings (SSSR count). The van der Waals surface area contributed by atoms with Gasteiger partial charge in [-0.2, -0.15) is 0 Å². The molecule has 0 aromatic heterocycles. The fourth-order valence-electron chi connectivity index (χ4n) is 0.515. The fraction of sp³-hybridized carbons (Fsp3) is 1.00. The topological polar surface area (TPSA) is 12.0 Å². The van der Waals surface area contributed by atoms with E-state index in [2.05, 4.69) is 25.3 Å². The van der Waals surface area contributed by atoms with Crippen molar-refractivity contribution in [3.05, 3.63) is 0 Å². The molecule has 1 N–H and O–H groups in total. The largest absolute Gasteiger partial charge is 0.317 e. The predicted molar refractivity (Wildman–Crippen MR) is 40.8 cm³/mol. The Hall–Kier alpha value is 0.177. The summed E-state index contributed by atoms with van der Waals surface area (Å²) < 4.78 is 0. The van der Waals surface area contributed by atoms with Gasteiger partial charge in [0.05, 0.1) is 0 Å². The van der Waals surface area contributed by atoms with Gasteiger partial charge in [0.1, 0.15) is 0 Å². The molecule has 0 spiro atoms. The lowest BCUT2D eigenvalue weighted by molar-refractivity contribution is 0.758. The van der Waals surface area contributed by atoms with Crippen molar-refractivity contribution in [3.63, 3.8) is 0 Å². The minimum atomic E-state index is 0.0304. The van der Waals surface area contributed by atoms with Crippen LogP contribution in [0.15, 0.2) is 0 Å². The second-order valence-corrected chi connectivity index (χ2v) is 5.22. The minimum Gasteiger partial charge on any atom is -0.317 e. The second-order valence-electron chi connectivity index (χ2n) is 2.31. The quantitative estimate of drug-likeness (QED) is 0.447. The van der Waals surface area contributed by atoms with Gasteiger partial charge in [0.15, 0.2) is 0 Å². The molecular weight excluding hydrogens is 114 g/mol. The van der Waals surface area contributed by atoms with E-state index < -0.39 is 0 Å². The number of nitrogens with one attached hydrogen (secondary N) is 1. The third-order valence-electron chi connectivity index (χ3n) is 1.05. The molecule has 0 saturated carbocycles. The summed E-state index contributed by atoms with van der Waals surface area (Å²) in [6.45, 7) is 9.19. The van der Waals surface area contributed by atoms with Crippen molar-refractivity contribution in [3.8, 4) is 0 Å². The standard InChI is InChI=1S/C6H16NSi/c1-4-7-5-6-8(2)3/h7H,4-6H2,1-3H3. The first-order chi connectivity index (χ1) is 3.77. The Bertz CT molecular complexity index is 45.8. The van der Waals surface area contributed by atoms with Gasteiger partial charge in [0, 0.05) is 8.80 Å². The van der Waals surface area contributed by atoms with Gasteiger partial charge >= 0.3 is 0 Å². The first-order valence-electron chi connectivity index (χ1n) is 3.27. The highest BCUT2D eigenvalue weighted by Crippen LogP contribution is 1.86. The maximum Gasteiger partial charge on any atom is 0.0425 e. The smallest absolute Gasteiger partial charge is 0.0425 e. The molecular formula is C6H16NSi. The molecule has 0 saturated heterocycles. The van der Waals surface area contributed by atoms with Crippen LogP contribution >= 0.6 is 0 Å². The van der Waals surface area contributed by atoms with Crippen LogP contribution in [0.1, 0.15) is 6.92 Å². The molecule has 0 atom stereocenters. The summed E-state index contributed by atoms with van der Waals surface area (Å²) in [7, 11) is 0.0304. The Kier molecular flexibility index (Phi) is 5.43. The molecule has 0 aromatic rings. The van der Waals surface area contributed by atoms with Crippen molar-refractivity contribution >= 4 is 8.80 Å². The lowest BCUT2D eigenvalue weighted by Gasteiger charge is -2.01. The van der Waals surface area contributed by atoms with Crippen molar-refractivity contribution in [2.24, 2.45) is 0 Å². The van der Waals surface area contributed by atoms with E-state index in [1.165, 1.54) is 12.6 Å². The SMILES string of the molecule is CCNCC[Si](C)C. The highest BCUT2D eigenvalue weighted by Gasteiger charge is 1.91. The molecule has 0 aliphatic carbocycles. The molecule has 0 heterocycles. The zero-order chi connectivity index (χ0) is 6.41. The van der Waals surface area contributed by atoms with E-state index in [0.717, 1.165) is 6.54 Å². The van der Waals surface area contributed by atoms with Crippen LogP contribution in [0.25, 0.3) is 0 Å². The molecule has 0 aliphatic rings. The summed E-state index contributed by atoms with van der Waals surface area (Å²) in [6, 6.07) is 1.40. The van der Waals surface area contributed by atoms with Crippen molar-refractivity contribution in [1.29, 1.82) is 0 Å². The number of hydrogen-bond donors (Lipinski definition) is 1. The first-order valence-corrected chi connectivity index (χ1v) is 5.97. The molecule has 1 radical (unpaired) electrons. The second kappa shape index (κ2) is 5.32. The van der Waals surface area contributed by atoms with Crippen molar-refractivity contribution < 1.29 is 0 Å². The maximum absolute atomic E-state index is 3.31. The average molecular weight is 130 g/mol. The zero-order valence-corrected chi connectivity index (χ0v) is 7.12. The monoisotopic (exact) mass is 130 g/mol. The van der Waals surface area contributed by atoms with E-state index in [4.69, 9.17) is 0 Å². The summed E-state index contributed by atoms with van der Waals surface area (Å²) in [4.78, 5) is 0. The molecule has 0 amide bonds. The van der Waals surface area contributed by atoms with Crippen molar-refractivity contribution in [1.82, 2.24) is 5.32 Å². The zero-order valence-electron chi connectivity index (χ0n) is 6.12. The normalized spacial score (nSPS) is 10.5. The molecule has 49 valence electrons. The predicted octanol–water partition coefficient (Wildman–Crippen LogP) is 1.35. The Balaban J connectivity index is 2.72. The van der Waals surface area contributed by atoms with Gasteiger partial charge in [-0.25, -0.2) is 0 Å². The molecule has 2 heteroatoms. The van der Waals surface area contributed by atoms with Crippen LogP contribution in [0.2, 0.25) is 19.1 Å². The van der Waals surface area contributed by atoms with E-state index in [1.807, 2.05) is 0 Å². The van der Waals surface area contributed by atoms with E-state index in [9.17, 15) is 0 Å². The van der Waals surface area contributed by atoms with Crippen LogP contribution in [0, 0.1) is 0 Å². The van der Waals surface area contributed by atoms with E-state index in [1.54, 1.807) is 0 Å². The number of hydrogen-bond acceptors (Lipinski definition) is 1. The van der Waals surface area contributed by atoms with Gasteiger partial charge in [-0.1, -0.05) is 20.0 Å². The van der Waals surface area contributed by atoms with E-state index >= 15 is 0 Å². The Morgan fingerprint density at radius 2 is 2.00 bits per heavy atom. The van der Waals surface area contributed by atoms with Crippen LogP contribution in [0.4, 0.5) is 0 Å². The molecule has 0 fully saturated rings. The molecule has 0 unspecified atom stereocenters. The minimum absolute atomic E-state index is 0.0304. The summed E-state index contributed by atoms with van der Waals surface area (Å²) in [5.41, 5.74) is 0. The summed E-state index contributed by atoms with van der Waals surface area (Å²) in [5, 5.41) is 3.31. The molecule has 1 nitrogen and oxygen atoms in total. The van der Waals surface area contributed by atoms with E-state index in [0.29, 0.717) is 0 Å². The molecule has 0 aromatic carbocycles. The van der Waals surface area contributed by atoms with Crippen molar-refractivity contribution in [2.45, 2.75) is 26.1 Å². The lowest BCUT2D eigenvalue weighted by Crippen LogP contribution is -2.17. The summed E-state index contributed by atoms with van der Waals surface area (Å²) in [6.07, 6.45) is 0. The summed E-state index contributed by atoms with van der Waals surface area (Å²) >= 11 is 0. The Morgan fingerprint density at radius 3 is 2.38 bits per heavy atom. The Morgan fingerprint density at radius 1 is 1.38 bits per heavy atom. The molecule has 0 bridgehead atoms. The van der Waals surface area contributed by atoms with Gasteiger partial charge in [-0.3, -0.25) is 0 Å². The van der Waals surface area contributed by atoms with Gasteiger partial charge in [-0.05, 0) is 19.1 Å². The van der Waals surface area contributed by atoms with Crippen molar-refractivity contribution in [2.75, 3.05) is 13.1 Å². The van der Waals surface area contributed by atoms with E-state index in [-0.39, 0.29) is 8.80 Å². The maximum atomic E-state index is 3.31. The summed E-state index contributed by atoms with van der Waals surface area (Å²) in [5.74, 6) is 0. The third kappa shape index (κ3) is 6.18. The fourth-order valence-corrected chi connectivity index (χ4v) is 1.19. The van der Waals surface area contributed by atoms with Gasteiger partial charge in [0.25, 0.3) is 0 Å². The van der Waals surface area contributed by atoms with Crippen LogP contribution in [-0.4, -0.2) is 21.9 Å². The first kappa shape index (κ1) is 8.18. The highest BCUT2D eigenvalue weighted by molar-refractivity contribution is 6.55. The molecule has 0 aliphatic heterocycles. The third-order valence-corrected chi connectivity index (χ3v) is 2.30. The van der Waals surface area contributed by atoms with Gasteiger partial charge in [0.2, 0.25) is 0 Å². The highest BCUT2D eigenvalue weighted by atomic mass is 28.3.